The molecule has 0 spiro atoms. The molecule has 29 heavy (non-hydrogen) atoms. The highest BCUT2D eigenvalue weighted by molar-refractivity contribution is 5.77. The van der Waals surface area contributed by atoms with Crippen LogP contribution in [0.3, 0.4) is 0 Å². The van der Waals surface area contributed by atoms with Gasteiger partial charge in [0.1, 0.15) is 0 Å². The van der Waals surface area contributed by atoms with E-state index < -0.39 is 47.3 Å². The van der Waals surface area contributed by atoms with Gasteiger partial charge >= 0.3 is 0 Å². The number of carbonyl (C=O) groups excluding carboxylic acids is 1. The third kappa shape index (κ3) is 4.81. The summed E-state index contributed by atoms with van der Waals surface area (Å²) in [4.78, 5) is 20.0. The Bertz CT molecular complexity index is 845. The second-order valence-electron chi connectivity index (χ2n) is 6.48. The van der Waals surface area contributed by atoms with E-state index in [1.54, 1.807) is 6.20 Å². The summed E-state index contributed by atoms with van der Waals surface area (Å²) >= 11 is 0. The van der Waals surface area contributed by atoms with Gasteiger partial charge in [0.15, 0.2) is 12.4 Å². The average molecular weight is 415 g/mol. The zero-order valence-electron chi connectivity index (χ0n) is 15.3. The molecule has 0 radical (unpaired) electrons. The Labute approximate surface area is 163 Å². The number of hydrogen-bond donors (Lipinski definition) is 0. The van der Waals surface area contributed by atoms with E-state index in [1.807, 2.05) is 18.2 Å². The molecule has 0 N–H and O–H groups in total. The number of nitrogens with zero attached hydrogens (tertiary/aromatic N) is 3. The number of carbonyl (C=O) groups is 1. The van der Waals surface area contributed by atoms with Crippen molar-refractivity contribution in [2.45, 2.75) is 6.42 Å². The predicted molar refractivity (Wildman–Crippen MR) is 92.7 cm³/mol. The number of hydrogen-bond acceptors (Lipinski definition) is 4. The van der Waals surface area contributed by atoms with Crippen LogP contribution in [0, 0.1) is 29.1 Å². The molecule has 0 unspecified atom stereocenters. The number of amides is 1. The van der Waals surface area contributed by atoms with E-state index >= 15 is 0 Å². The molecular weight excluding hydrogens is 397 g/mol. The molecule has 1 aliphatic rings. The van der Waals surface area contributed by atoms with E-state index in [4.69, 9.17) is 0 Å². The van der Waals surface area contributed by atoms with Crippen LogP contribution in [0.1, 0.15) is 5.69 Å². The summed E-state index contributed by atoms with van der Waals surface area (Å²) in [6.07, 6.45) is 2.48. The van der Waals surface area contributed by atoms with Gasteiger partial charge in [-0.3, -0.25) is 14.7 Å². The van der Waals surface area contributed by atoms with Crippen molar-refractivity contribution in [1.29, 1.82) is 0 Å². The van der Waals surface area contributed by atoms with Crippen molar-refractivity contribution in [1.82, 2.24) is 14.8 Å². The molecule has 0 bridgehead atoms. The first-order valence-electron chi connectivity index (χ1n) is 8.92. The van der Waals surface area contributed by atoms with Crippen molar-refractivity contribution >= 4 is 5.91 Å². The van der Waals surface area contributed by atoms with E-state index in [0.29, 0.717) is 26.2 Å². The maximum atomic E-state index is 13.6. The van der Waals surface area contributed by atoms with Gasteiger partial charge in [-0.2, -0.15) is 8.78 Å². The Kier molecular flexibility index (Phi) is 6.63. The SMILES string of the molecule is O=C(COc1c(F)c(F)c(F)c(F)c1F)N1CCN(CCc2ccccn2)CC1. The molecule has 5 nitrogen and oxygen atoms in total. The summed E-state index contributed by atoms with van der Waals surface area (Å²) in [7, 11) is 0. The van der Waals surface area contributed by atoms with Gasteiger partial charge in [0, 0.05) is 51.0 Å². The third-order valence-electron chi connectivity index (χ3n) is 4.64. The fraction of sp³-hybridized carbons (Fsp3) is 0.368. The Hall–Kier alpha value is -2.75. The van der Waals surface area contributed by atoms with Crippen molar-refractivity contribution in [3.8, 4) is 5.75 Å². The highest BCUT2D eigenvalue weighted by atomic mass is 19.2. The van der Waals surface area contributed by atoms with E-state index in [0.717, 1.165) is 18.7 Å². The van der Waals surface area contributed by atoms with Crippen molar-refractivity contribution in [3.63, 3.8) is 0 Å². The van der Waals surface area contributed by atoms with Gasteiger partial charge in [0.05, 0.1) is 0 Å². The highest BCUT2D eigenvalue weighted by Crippen LogP contribution is 2.29. The van der Waals surface area contributed by atoms with Crippen molar-refractivity contribution in [3.05, 3.63) is 59.2 Å². The molecule has 2 aromatic rings. The van der Waals surface area contributed by atoms with Gasteiger partial charge in [-0.15, -0.1) is 0 Å². The Morgan fingerprint density at radius 3 is 2.14 bits per heavy atom. The zero-order chi connectivity index (χ0) is 21.0. The third-order valence-corrected chi connectivity index (χ3v) is 4.64. The van der Waals surface area contributed by atoms with Gasteiger partial charge in [-0.1, -0.05) is 6.07 Å². The van der Waals surface area contributed by atoms with E-state index in [9.17, 15) is 26.7 Å². The minimum Gasteiger partial charge on any atom is -0.477 e. The second kappa shape index (κ2) is 9.17. The maximum Gasteiger partial charge on any atom is 0.260 e. The first-order chi connectivity index (χ1) is 13.9. The molecular formula is C19H18F5N3O2. The van der Waals surface area contributed by atoms with Crippen molar-refractivity contribution in [2.75, 3.05) is 39.3 Å². The first-order valence-corrected chi connectivity index (χ1v) is 8.92. The maximum absolute atomic E-state index is 13.6. The van der Waals surface area contributed by atoms with Crippen LogP contribution in [-0.2, 0) is 11.2 Å². The molecule has 0 atom stereocenters. The Morgan fingerprint density at radius 1 is 0.931 bits per heavy atom. The molecule has 156 valence electrons. The molecule has 1 aromatic carbocycles. The topological polar surface area (TPSA) is 45.7 Å². The number of benzene rings is 1. The fourth-order valence-corrected chi connectivity index (χ4v) is 2.98. The Balaban J connectivity index is 1.49. The minimum atomic E-state index is -2.28. The van der Waals surface area contributed by atoms with E-state index in [1.165, 1.54) is 4.90 Å². The number of ether oxygens (including phenoxy) is 1. The molecule has 1 saturated heterocycles. The molecule has 1 fully saturated rings. The number of pyridine rings is 1. The number of aromatic nitrogens is 1. The number of rotatable bonds is 6. The standard InChI is InChI=1S/C19H18F5N3O2/c20-14-15(21)17(23)19(18(24)16(14)22)29-11-13(28)27-9-7-26(8-10-27)6-4-12-3-1-2-5-25-12/h1-3,5H,4,6-11H2. The summed E-state index contributed by atoms with van der Waals surface area (Å²) < 4.78 is 71.2. The summed E-state index contributed by atoms with van der Waals surface area (Å²) in [5, 5.41) is 0. The molecule has 1 aromatic heterocycles. The quantitative estimate of drug-likeness (QED) is 0.413. The van der Waals surface area contributed by atoms with Crippen LogP contribution in [-0.4, -0.2) is 60.0 Å². The normalized spacial score (nSPS) is 14.9. The van der Waals surface area contributed by atoms with E-state index in [-0.39, 0.29) is 0 Å². The molecule has 10 heteroatoms. The van der Waals surface area contributed by atoms with E-state index in [2.05, 4.69) is 14.6 Å². The lowest BCUT2D eigenvalue weighted by atomic mass is 10.2. The van der Waals surface area contributed by atoms with Gasteiger partial charge in [-0.25, -0.2) is 13.2 Å². The van der Waals surface area contributed by atoms with Gasteiger partial charge < -0.3 is 9.64 Å². The predicted octanol–water partition coefficient (Wildman–Crippen LogP) is 2.54. The lowest BCUT2D eigenvalue weighted by Crippen LogP contribution is -2.50. The van der Waals surface area contributed by atoms with Crippen LogP contribution < -0.4 is 4.74 Å². The van der Waals surface area contributed by atoms with Gasteiger partial charge in [0.2, 0.25) is 29.1 Å². The molecule has 1 amide bonds. The van der Waals surface area contributed by atoms with Crippen molar-refractivity contribution < 1.29 is 31.5 Å². The summed E-state index contributed by atoms with van der Waals surface area (Å²) in [5.41, 5.74) is 0.960. The molecule has 0 aliphatic carbocycles. The lowest BCUT2D eigenvalue weighted by molar-refractivity contribution is -0.135. The van der Waals surface area contributed by atoms with Gasteiger partial charge in [-0.05, 0) is 12.1 Å². The van der Waals surface area contributed by atoms with Crippen LogP contribution in [0.4, 0.5) is 22.0 Å². The van der Waals surface area contributed by atoms with Crippen molar-refractivity contribution in [2.24, 2.45) is 0 Å². The number of halogens is 5. The van der Waals surface area contributed by atoms with Crippen LogP contribution in [0.25, 0.3) is 0 Å². The van der Waals surface area contributed by atoms with Crippen LogP contribution >= 0.6 is 0 Å². The number of piperazine rings is 1. The monoisotopic (exact) mass is 415 g/mol. The molecule has 3 rings (SSSR count). The second-order valence-corrected chi connectivity index (χ2v) is 6.48. The summed E-state index contributed by atoms with van der Waals surface area (Å²) in [6.45, 7) is 1.83. The minimum absolute atomic E-state index is 0.363. The smallest absolute Gasteiger partial charge is 0.260 e. The largest absolute Gasteiger partial charge is 0.477 e. The van der Waals surface area contributed by atoms with Crippen LogP contribution in [0.2, 0.25) is 0 Å². The van der Waals surface area contributed by atoms with Crippen LogP contribution in [0.15, 0.2) is 24.4 Å². The van der Waals surface area contributed by atoms with Gasteiger partial charge in [0.25, 0.3) is 5.91 Å². The lowest BCUT2D eigenvalue weighted by Gasteiger charge is -2.34. The zero-order valence-corrected chi connectivity index (χ0v) is 15.3. The molecule has 0 saturated carbocycles. The fourth-order valence-electron chi connectivity index (χ4n) is 2.98. The highest BCUT2D eigenvalue weighted by Gasteiger charge is 2.28. The summed E-state index contributed by atoms with van der Waals surface area (Å²) in [5.74, 6) is -12.8. The first kappa shape index (κ1) is 21.0. The molecule has 2 heterocycles. The Morgan fingerprint density at radius 2 is 1.55 bits per heavy atom. The summed E-state index contributed by atoms with van der Waals surface area (Å²) in [6, 6.07) is 5.67. The van der Waals surface area contributed by atoms with Crippen LogP contribution in [0.5, 0.6) is 5.75 Å². The molecule has 1 aliphatic heterocycles. The average Bonchev–Trinajstić information content (AvgIpc) is 2.76.